The Balaban J connectivity index is 0.000000980. The fourth-order valence-electron chi connectivity index (χ4n) is 2.51. The molecule has 0 aromatic heterocycles. The van der Waals surface area contributed by atoms with E-state index in [0.29, 0.717) is 18.6 Å². The minimum absolute atomic E-state index is 0. The van der Waals surface area contributed by atoms with E-state index in [4.69, 9.17) is 5.11 Å². The van der Waals surface area contributed by atoms with Gasteiger partial charge in [-0.3, -0.25) is 15.0 Å². The van der Waals surface area contributed by atoms with Crippen molar-refractivity contribution in [2.75, 3.05) is 13.1 Å². The van der Waals surface area contributed by atoms with E-state index < -0.39 is 5.97 Å². The fraction of sp³-hybridized carbons (Fsp3) is 0.889. The molecule has 6 heteroatoms. The van der Waals surface area contributed by atoms with Crippen molar-refractivity contribution in [1.82, 2.24) is 10.2 Å². The Morgan fingerprint density at radius 1 is 1.47 bits per heavy atom. The average Bonchev–Trinajstić information content (AvgIpc) is 2.51. The molecular weight excluding hydrogens is 239 g/mol. The first-order valence-electron chi connectivity index (χ1n) is 4.91. The second kappa shape index (κ2) is 5.89. The van der Waals surface area contributed by atoms with Crippen molar-refractivity contribution in [2.45, 2.75) is 37.9 Å². The predicted octanol–water partition coefficient (Wildman–Crippen LogP) is 0.739. The summed E-state index contributed by atoms with van der Waals surface area (Å²) in [5.41, 5.74) is 0. The van der Waals surface area contributed by atoms with Gasteiger partial charge in [-0.2, -0.15) is 0 Å². The monoisotopic (exact) mass is 256 g/mol. The molecule has 0 aromatic rings. The molecule has 4 nitrogen and oxygen atoms in total. The lowest BCUT2D eigenvalue weighted by Gasteiger charge is -2.39. The zero-order valence-electron chi connectivity index (χ0n) is 8.68. The van der Waals surface area contributed by atoms with Crippen LogP contribution in [0.25, 0.3) is 0 Å². The molecule has 2 saturated heterocycles. The molecule has 2 fully saturated rings. The number of fused-ring (bicyclic) bond motifs is 1. The van der Waals surface area contributed by atoms with Crippen molar-refractivity contribution >= 4 is 30.8 Å². The number of hydrogen-bond acceptors (Lipinski definition) is 3. The number of carboxylic acids is 1. The van der Waals surface area contributed by atoms with Crippen LogP contribution in [0.5, 0.6) is 0 Å². The topological polar surface area (TPSA) is 52.6 Å². The number of nitrogens with one attached hydrogen (secondary N) is 1. The molecular formula is C9H18Cl2N2O2. The van der Waals surface area contributed by atoms with Gasteiger partial charge in [0.2, 0.25) is 0 Å². The number of carbonyl (C=O) groups is 1. The molecule has 2 N–H and O–H groups in total. The number of hydrogen-bond donors (Lipinski definition) is 2. The average molecular weight is 257 g/mol. The first kappa shape index (κ1) is 15.0. The molecule has 0 radical (unpaired) electrons. The van der Waals surface area contributed by atoms with E-state index in [1.807, 2.05) is 0 Å². The Morgan fingerprint density at radius 2 is 2.13 bits per heavy atom. The van der Waals surface area contributed by atoms with Crippen LogP contribution in [-0.2, 0) is 4.79 Å². The summed E-state index contributed by atoms with van der Waals surface area (Å²) in [6, 6.07) is 0.511. The summed E-state index contributed by atoms with van der Waals surface area (Å²) >= 11 is 0. The van der Waals surface area contributed by atoms with Crippen LogP contribution in [0.4, 0.5) is 0 Å². The Kier molecular flexibility index (Phi) is 5.88. The van der Waals surface area contributed by atoms with Gasteiger partial charge in [-0.15, -0.1) is 24.8 Å². The quantitative estimate of drug-likeness (QED) is 0.727. The molecule has 15 heavy (non-hydrogen) atoms. The minimum Gasteiger partial charge on any atom is -0.480 e. The van der Waals surface area contributed by atoms with Gasteiger partial charge in [-0.05, 0) is 26.3 Å². The Hall–Kier alpha value is -0.0300. The van der Waals surface area contributed by atoms with Crippen molar-refractivity contribution in [1.29, 1.82) is 0 Å². The van der Waals surface area contributed by atoms with E-state index in [1.54, 1.807) is 0 Å². The SMILES string of the molecule is CC1N[C@H](C(=O)O)CN2CCC[C@H]12.Cl.Cl. The summed E-state index contributed by atoms with van der Waals surface area (Å²) in [5.74, 6) is -0.725. The second-order valence-corrected chi connectivity index (χ2v) is 4.05. The summed E-state index contributed by atoms with van der Waals surface area (Å²) in [6.45, 7) is 3.82. The fourth-order valence-corrected chi connectivity index (χ4v) is 2.51. The van der Waals surface area contributed by atoms with E-state index in [9.17, 15) is 4.79 Å². The van der Waals surface area contributed by atoms with E-state index >= 15 is 0 Å². The highest BCUT2D eigenvalue weighted by atomic mass is 35.5. The first-order valence-corrected chi connectivity index (χ1v) is 4.91. The maximum atomic E-state index is 10.8. The van der Waals surface area contributed by atoms with Crippen LogP contribution in [-0.4, -0.2) is 47.2 Å². The smallest absolute Gasteiger partial charge is 0.322 e. The van der Waals surface area contributed by atoms with Gasteiger partial charge in [-0.1, -0.05) is 0 Å². The molecule has 90 valence electrons. The third-order valence-corrected chi connectivity index (χ3v) is 3.17. The molecule has 2 aliphatic heterocycles. The highest BCUT2D eigenvalue weighted by Gasteiger charge is 2.38. The van der Waals surface area contributed by atoms with Gasteiger partial charge in [0.25, 0.3) is 0 Å². The summed E-state index contributed by atoms with van der Waals surface area (Å²) < 4.78 is 0. The molecule has 3 atom stereocenters. The Morgan fingerprint density at radius 3 is 2.73 bits per heavy atom. The van der Waals surface area contributed by atoms with E-state index in [0.717, 1.165) is 6.54 Å². The largest absolute Gasteiger partial charge is 0.480 e. The van der Waals surface area contributed by atoms with Gasteiger partial charge >= 0.3 is 5.97 Å². The summed E-state index contributed by atoms with van der Waals surface area (Å²) in [5, 5.41) is 12.0. The number of piperazine rings is 1. The molecule has 0 aliphatic carbocycles. The third kappa shape index (κ3) is 2.97. The van der Waals surface area contributed by atoms with Crippen LogP contribution in [0.2, 0.25) is 0 Å². The predicted molar refractivity (Wildman–Crippen MR) is 63.1 cm³/mol. The molecule has 0 aromatic carbocycles. The highest BCUT2D eigenvalue weighted by Crippen LogP contribution is 2.23. The number of aliphatic carboxylic acids is 1. The van der Waals surface area contributed by atoms with Crippen LogP contribution in [0, 0.1) is 0 Å². The molecule has 0 saturated carbocycles. The van der Waals surface area contributed by atoms with E-state index in [-0.39, 0.29) is 30.9 Å². The van der Waals surface area contributed by atoms with Crippen LogP contribution in [0.3, 0.4) is 0 Å². The van der Waals surface area contributed by atoms with Crippen molar-refractivity contribution in [3.05, 3.63) is 0 Å². The van der Waals surface area contributed by atoms with Gasteiger partial charge in [0, 0.05) is 18.6 Å². The van der Waals surface area contributed by atoms with Crippen LogP contribution in [0.15, 0.2) is 0 Å². The lowest BCUT2D eigenvalue weighted by atomic mass is 10.0. The van der Waals surface area contributed by atoms with Crippen molar-refractivity contribution in [3.8, 4) is 0 Å². The zero-order valence-corrected chi connectivity index (χ0v) is 10.3. The number of carboxylic acid groups (broad SMARTS) is 1. The van der Waals surface area contributed by atoms with Gasteiger partial charge in [0.1, 0.15) is 6.04 Å². The molecule has 2 aliphatic rings. The first-order chi connectivity index (χ1) is 6.18. The van der Waals surface area contributed by atoms with E-state index in [2.05, 4.69) is 17.1 Å². The van der Waals surface area contributed by atoms with Gasteiger partial charge in [0.15, 0.2) is 0 Å². The van der Waals surface area contributed by atoms with Gasteiger partial charge in [-0.25, -0.2) is 0 Å². The lowest BCUT2D eigenvalue weighted by molar-refractivity contribution is -0.141. The summed E-state index contributed by atoms with van der Waals surface area (Å²) in [4.78, 5) is 13.1. The van der Waals surface area contributed by atoms with Crippen LogP contribution in [0.1, 0.15) is 19.8 Å². The van der Waals surface area contributed by atoms with Gasteiger partial charge < -0.3 is 5.11 Å². The van der Waals surface area contributed by atoms with Crippen LogP contribution >= 0.6 is 24.8 Å². The summed E-state index contributed by atoms with van der Waals surface area (Å²) in [6.07, 6.45) is 2.42. The molecule has 0 bridgehead atoms. The number of halogens is 2. The third-order valence-electron chi connectivity index (χ3n) is 3.17. The maximum absolute atomic E-state index is 10.8. The number of rotatable bonds is 1. The Bertz CT molecular complexity index is 228. The van der Waals surface area contributed by atoms with Crippen molar-refractivity contribution < 1.29 is 9.90 Å². The van der Waals surface area contributed by atoms with Crippen molar-refractivity contribution in [3.63, 3.8) is 0 Å². The highest BCUT2D eigenvalue weighted by molar-refractivity contribution is 5.85. The summed E-state index contributed by atoms with van der Waals surface area (Å²) in [7, 11) is 0. The molecule has 0 spiro atoms. The van der Waals surface area contributed by atoms with E-state index in [1.165, 1.54) is 12.8 Å². The lowest BCUT2D eigenvalue weighted by Crippen LogP contribution is -2.61. The molecule has 2 rings (SSSR count). The normalized spacial score (nSPS) is 34.9. The standard InChI is InChI=1S/C9H16N2O2.2ClH/c1-6-8-3-2-4-11(8)5-7(10-6)9(12)13;;/h6-8,10H,2-5H2,1H3,(H,12,13);2*1H/t6?,7-,8+;;/m0../s1. The van der Waals surface area contributed by atoms with Gasteiger partial charge in [0.05, 0.1) is 0 Å². The zero-order chi connectivity index (χ0) is 9.42. The Labute approximate surface area is 102 Å². The molecule has 1 unspecified atom stereocenters. The van der Waals surface area contributed by atoms with Crippen molar-refractivity contribution in [2.24, 2.45) is 0 Å². The maximum Gasteiger partial charge on any atom is 0.322 e. The molecule has 0 amide bonds. The second-order valence-electron chi connectivity index (χ2n) is 4.05. The molecule has 2 heterocycles. The number of nitrogens with zero attached hydrogens (tertiary/aromatic N) is 1. The van der Waals surface area contributed by atoms with Crippen LogP contribution < -0.4 is 5.32 Å². The minimum atomic E-state index is -0.725.